The highest BCUT2D eigenvalue weighted by atomic mass is 32.2. The van der Waals surface area contributed by atoms with Gasteiger partial charge in [-0.1, -0.05) is 67.3 Å². The van der Waals surface area contributed by atoms with Gasteiger partial charge in [-0.05, 0) is 56.5 Å². The van der Waals surface area contributed by atoms with Crippen molar-refractivity contribution in [2.75, 3.05) is 25.1 Å². The SMILES string of the molecule is COc1ccc(OC)c(N(CC(=O)N(Cc2ccc(C)cc2)[C@@H](C)C(=O)NC2CCCCC2)S(=O)(=O)c2ccccc2)c1. The first kappa shape index (κ1) is 31.9. The summed E-state index contributed by atoms with van der Waals surface area (Å²) in [6.07, 6.45) is 5.08. The molecule has 0 bridgehead atoms. The zero-order valence-electron chi connectivity index (χ0n) is 25.3. The number of ether oxygens (including phenoxy) is 2. The summed E-state index contributed by atoms with van der Waals surface area (Å²) in [6, 6.07) is 19.6. The third-order valence-corrected chi connectivity index (χ3v) is 9.63. The van der Waals surface area contributed by atoms with Gasteiger partial charge in [-0.2, -0.15) is 0 Å². The molecule has 10 heteroatoms. The van der Waals surface area contributed by atoms with Gasteiger partial charge in [-0.25, -0.2) is 8.42 Å². The Bertz CT molecular complexity index is 1490. The molecule has 4 rings (SSSR count). The van der Waals surface area contributed by atoms with E-state index in [9.17, 15) is 18.0 Å². The van der Waals surface area contributed by atoms with Gasteiger partial charge >= 0.3 is 0 Å². The van der Waals surface area contributed by atoms with E-state index in [1.165, 1.54) is 37.3 Å². The number of hydrogen-bond acceptors (Lipinski definition) is 6. The van der Waals surface area contributed by atoms with Gasteiger partial charge in [0, 0.05) is 18.7 Å². The summed E-state index contributed by atoms with van der Waals surface area (Å²) in [6.45, 7) is 3.23. The molecule has 1 saturated carbocycles. The first-order valence-corrected chi connectivity index (χ1v) is 16.0. The lowest BCUT2D eigenvalue weighted by Crippen LogP contribution is -2.53. The van der Waals surface area contributed by atoms with Crippen LogP contribution >= 0.6 is 0 Å². The summed E-state index contributed by atoms with van der Waals surface area (Å²) in [4.78, 5) is 29.2. The minimum Gasteiger partial charge on any atom is -0.497 e. The molecule has 0 spiro atoms. The summed E-state index contributed by atoms with van der Waals surface area (Å²) >= 11 is 0. The summed E-state index contributed by atoms with van der Waals surface area (Å²) in [5, 5.41) is 3.12. The van der Waals surface area contributed by atoms with Gasteiger partial charge in [-0.3, -0.25) is 13.9 Å². The molecule has 1 atom stereocenters. The lowest BCUT2D eigenvalue weighted by Gasteiger charge is -2.33. The largest absolute Gasteiger partial charge is 0.497 e. The minimum atomic E-state index is -4.24. The Morgan fingerprint density at radius 2 is 1.60 bits per heavy atom. The van der Waals surface area contributed by atoms with E-state index in [0.717, 1.165) is 47.5 Å². The maximum Gasteiger partial charge on any atom is 0.264 e. The summed E-state index contributed by atoms with van der Waals surface area (Å²) in [7, 11) is -1.33. The molecule has 3 aromatic rings. The highest BCUT2D eigenvalue weighted by molar-refractivity contribution is 7.92. The number of anilines is 1. The van der Waals surface area contributed by atoms with Crippen LogP contribution in [-0.4, -0.2) is 58.0 Å². The van der Waals surface area contributed by atoms with Gasteiger partial charge in [0.05, 0.1) is 24.8 Å². The smallest absolute Gasteiger partial charge is 0.264 e. The van der Waals surface area contributed by atoms with Crippen molar-refractivity contribution >= 4 is 27.5 Å². The summed E-state index contributed by atoms with van der Waals surface area (Å²) in [5.41, 5.74) is 2.04. The molecule has 0 heterocycles. The molecule has 1 aliphatic rings. The van der Waals surface area contributed by atoms with E-state index in [2.05, 4.69) is 5.32 Å². The molecule has 0 saturated heterocycles. The van der Waals surface area contributed by atoms with Gasteiger partial charge < -0.3 is 19.7 Å². The highest BCUT2D eigenvalue weighted by Gasteiger charge is 2.34. The Kier molecular flexibility index (Phi) is 10.7. The standard InChI is InChI=1S/C33H41N3O6S/c1-24-15-17-26(18-16-24)22-35(25(2)33(38)34-27-11-7-5-8-12-27)32(37)23-36(43(39,40)29-13-9-6-10-14-29)30-21-28(41-3)19-20-31(30)42-4/h6,9-10,13-21,25,27H,5,7-8,11-12,22-23H2,1-4H3,(H,34,38)/t25-/m0/s1. The zero-order valence-corrected chi connectivity index (χ0v) is 26.1. The maximum absolute atomic E-state index is 14.2. The Labute approximate surface area is 254 Å². The number of nitrogens with one attached hydrogen (secondary N) is 1. The van der Waals surface area contributed by atoms with Crippen molar-refractivity contribution in [1.82, 2.24) is 10.2 Å². The van der Waals surface area contributed by atoms with Crippen molar-refractivity contribution in [2.24, 2.45) is 0 Å². The van der Waals surface area contributed by atoms with Gasteiger partial charge in [0.25, 0.3) is 10.0 Å². The van der Waals surface area contributed by atoms with Crippen molar-refractivity contribution in [2.45, 2.75) is 69.5 Å². The molecular weight excluding hydrogens is 566 g/mol. The first-order chi connectivity index (χ1) is 20.6. The Morgan fingerprint density at radius 3 is 2.23 bits per heavy atom. The lowest BCUT2D eigenvalue weighted by atomic mass is 9.95. The van der Waals surface area contributed by atoms with Crippen LogP contribution in [0.1, 0.15) is 50.2 Å². The highest BCUT2D eigenvalue weighted by Crippen LogP contribution is 2.36. The van der Waals surface area contributed by atoms with E-state index in [-0.39, 0.29) is 34.8 Å². The number of aryl methyl sites for hydroxylation is 1. The molecule has 3 aromatic carbocycles. The fourth-order valence-corrected chi connectivity index (χ4v) is 6.70. The molecule has 1 N–H and O–H groups in total. The third kappa shape index (κ3) is 7.87. The third-order valence-electron chi connectivity index (χ3n) is 7.86. The Balaban J connectivity index is 1.73. The number of amides is 2. The number of carbonyl (C=O) groups excluding carboxylic acids is 2. The van der Waals surface area contributed by atoms with Crippen LogP contribution in [0.15, 0.2) is 77.7 Å². The van der Waals surface area contributed by atoms with Gasteiger partial charge in [0.15, 0.2) is 0 Å². The van der Waals surface area contributed by atoms with Crippen molar-refractivity contribution in [3.63, 3.8) is 0 Å². The van der Waals surface area contributed by atoms with Gasteiger partial charge in [0.1, 0.15) is 24.1 Å². The molecule has 0 aromatic heterocycles. The van der Waals surface area contributed by atoms with E-state index in [1.807, 2.05) is 31.2 Å². The van der Waals surface area contributed by atoms with Crippen molar-refractivity contribution in [3.8, 4) is 11.5 Å². The summed E-state index contributed by atoms with van der Waals surface area (Å²) in [5.74, 6) is -0.144. The van der Waals surface area contributed by atoms with Crippen LogP contribution in [0.2, 0.25) is 0 Å². The van der Waals surface area contributed by atoms with Crippen LogP contribution in [0.25, 0.3) is 0 Å². The van der Waals surface area contributed by atoms with Crippen LogP contribution in [0.4, 0.5) is 5.69 Å². The van der Waals surface area contributed by atoms with E-state index in [0.29, 0.717) is 5.75 Å². The fourth-order valence-electron chi connectivity index (χ4n) is 5.27. The first-order valence-electron chi connectivity index (χ1n) is 14.6. The van der Waals surface area contributed by atoms with Crippen molar-refractivity contribution in [3.05, 3.63) is 83.9 Å². The number of rotatable bonds is 12. The Morgan fingerprint density at radius 1 is 0.930 bits per heavy atom. The van der Waals surface area contributed by atoms with Gasteiger partial charge in [0.2, 0.25) is 11.8 Å². The van der Waals surface area contributed by atoms with E-state index < -0.39 is 28.5 Å². The van der Waals surface area contributed by atoms with E-state index in [1.54, 1.807) is 37.3 Å². The topological polar surface area (TPSA) is 105 Å². The predicted octanol–water partition coefficient (Wildman–Crippen LogP) is 5.07. The predicted molar refractivity (Wildman–Crippen MR) is 167 cm³/mol. The number of benzene rings is 3. The molecule has 0 unspecified atom stereocenters. The van der Waals surface area contributed by atoms with Crippen LogP contribution in [-0.2, 0) is 26.2 Å². The molecule has 1 aliphatic carbocycles. The number of hydrogen-bond donors (Lipinski definition) is 1. The lowest BCUT2D eigenvalue weighted by molar-refractivity contribution is -0.139. The van der Waals surface area contributed by atoms with Crippen molar-refractivity contribution in [1.29, 1.82) is 0 Å². The molecule has 0 aliphatic heterocycles. The number of sulfonamides is 1. The maximum atomic E-state index is 14.2. The van der Waals surface area contributed by atoms with Crippen LogP contribution in [0, 0.1) is 6.92 Å². The Hall–Kier alpha value is -4.05. The molecule has 230 valence electrons. The number of carbonyl (C=O) groups is 2. The molecular formula is C33H41N3O6S. The van der Waals surface area contributed by atoms with Gasteiger partial charge in [-0.15, -0.1) is 0 Å². The molecule has 2 amide bonds. The van der Waals surface area contributed by atoms with Crippen LogP contribution in [0.3, 0.4) is 0 Å². The van der Waals surface area contributed by atoms with Crippen LogP contribution in [0.5, 0.6) is 11.5 Å². The molecule has 43 heavy (non-hydrogen) atoms. The second kappa shape index (κ2) is 14.4. The molecule has 1 fully saturated rings. The fraction of sp³-hybridized carbons (Fsp3) is 0.394. The minimum absolute atomic E-state index is 0.0147. The normalized spacial score (nSPS) is 14.4. The molecule has 9 nitrogen and oxygen atoms in total. The quantitative estimate of drug-likeness (QED) is 0.308. The number of methoxy groups -OCH3 is 2. The summed E-state index contributed by atoms with van der Waals surface area (Å²) < 4.78 is 40.1. The van der Waals surface area contributed by atoms with Crippen LogP contribution < -0.4 is 19.1 Å². The average molecular weight is 608 g/mol. The number of nitrogens with zero attached hydrogens (tertiary/aromatic N) is 2. The molecule has 0 radical (unpaired) electrons. The van der Waals surface area contributed by atoms with E-state index >= 15 is 0 Å². The monoisotopic (exact) mass is 607 g/mol. The zero-order chi connectivity index (χ0) is 31.0. The van der Waals surface area contributed by atoms with Crippen molar-refractivity contribution < 1.29 is 27.5 Å². The van der Waals surface area contributed by atoms with E-state index in [4.69, 9.17) is 9.47 Å². The second-order valence-corrected chi connectivity index (χ2v) is 12.8. The second-order valence-electron chi connectivity index (χ2n) is 10.9. The average Bonchev–Trinajstić information content (AvgIpc) is 3.03.